The van der Waals surface area contributed by atoms with Crippen molar-refractivity contribution < 1.29 is 26.8 Å². The van der Waals surface area contributed by atoms with Gasteiger partial charge in [0.2, 0.25) is 0 Å². The van der Waals surface area contributed by atoms with Crippen LogP contribution in [0.25, 0.3) is 0 Å². The van der Waals surface area contributed by atoms with Crippen LogP contribution >= 0.6 is 0 Å². The number of hydrogen-bond donors (Lipinski definition) is 1. The second-order valence-electron chi connectivity index (χ2n) is 14.3. The van der Waals surface area contributed by atoms with Crippen LogP contribution in [0.4, 0.5) is 0 Å². The van der Waals surface area contributed by atoms with Crippen molar-refractivity contribution in [1.29, 1.82) is 0 Å². The molecule has 1 N–H and O–H groups in total. The van der Waals surface area contributed by atoms with E-state index in [4.69, 9.17) is 18.4 Å². The first-order chi connectivity index (χ1) is 28.7. The van der Waals surface area contributed by atoms with E-state index in [1.54, 1.807) is 0 Å². The fraction of sp³-hybridized carbons (Fsp3) is 0.167. The summed E-state index contributed by atoms with van der Waals surface area (Å²) in [5.74, 6) is 0. The van der Waals surface area contributed by atoms with Gasteiger partial charge in [0, 0.05) is 12.3 Å². The molecule has 1 aliphatic rings. The minimum atomic E-state index is -4.22. The predicted octanol–water partition coefficient (Wildman–Crippen LogP) is 7.16. The van der Waals surface area contributed by atoms with E-state index in [2.05, 4.69) is 4.98 Å². The molecule has 6 aromatic carbocycles. The lowest BCUT2D eigenvalue weighted by Crippen LogP contribution is -2.47. The SMILES string of the molecule is CS(=O)(=O)O[C@H]1[C@H](OC(c2ccccc2)(c2ccccc2)c2ccccc2)[C@H](n2ccc(=O)[nH]c2=O)O[C@H]1COC(c1ccccc1)(c1ccccc1)c1ccccc1. The highest BCUT2D eigenvalue weighted by Gasteiger charge is 2.54. The van der Waals surface area contributed by atoms with Crippen LogP contribution in [0.1, 0.15) is 39.6 Å². The minimum Gasteiger partial charge on any atom is -0.358 e. The zero-order chi connectivity index (χ0) is 40.9. The molecule has 59 heavy (non-hydrogen) atoms. The zero-order valence-corrected chi connectivity index (χ0v) is 32.9. The molecule has 10 nitrogen and oxygen atoms in total. The van der Waals surface area contributed by atoms with E-state index in [9.17, 15) is 18.0 Å². The second kappa shape index (κ2) is 16.9. The molecule has 1 aromatic heterocycles. The summed E-state index contributed by atoms with van der Waals surface area (Å²) in [5.41, 5.74) is 0.586. The van der Waals surface area contributed by atoms with Crippen LogP contribution in [0.5, 0.6) is 0 Å². The molecule has 0 radical (unpaired) electrons. The average molecular weight is 807 g/mol. The van der Waals surface area contributed by atoms with Crippen molar-refractivity contribution in [3.8, 4) is 0 Å². The summed E-state index contributed by atoms with van der Waals surface area (Å²) in [6.45, 7) is -0.234. The maximum absolute atomic E-state index is 13.7. The van der Waals surface area contributed by atoms with Gasteiger partial charge >= 0.3 is 5.69 Å². The number of benzene rings is 6. The largest absolute Gasteiger partial charge is 0.358 e. The van der Waals surface area contributed by atoms with Gasteiger partial charge in [-0.25, -0.2) is 4.79 Å². The van der Waals surface area contributed by atoms with E-state index in [0.29, 0.717) is 0 Å². The van der Waals surface area contributed by atoms with Gasteiger partial charge in [-0.1, -0.05) is 182 Å². The van der Waals surface area contributed by atoms with Gasteiger partial charge in [0.15, 0.2) is 6.23 Å². The molecule has 0 bridgehead atoms. The Morgan fingerprint density at radius 3 is 1.29 bits per heavy atom. The van der Waals surface area contributed by atoms with E-state index in [-0.39, 0.29) is 6.61 Å². The highest BCUT2D eigenvalue weighted by atomic mass is 32.2. The third-order valence-corrected chi connectivity index (χ3v) is 11.1. The normalized spacial score (nSPS) is 18.4. The molecule has 1 fully saturated rings. The van der Waals surface area contributed by atoms with Crippen molar-refractivity contribution in [3.05, 3.63) is 248 Å². The summed E-state index contributed by atoms with van der Waals surface area (Å²) in [6.07, 6.45) is -2.92. The first-order valence-corrected chi connectivity index (χ1v) is 21.0. The number of nitrogens with zero attached hydrogens (tertiary/aromatic N) is 1. The maximum atomic E-state index is 13.7. The summed E-state index contributed by atoms with van der Waals surface area (Å²) in [5, 5.41) is 0. The molecule has 0 aliphatic carbocycles. The maximum Gasteiger partial charge on any atom is 0.330 e. The standard InChI is InChI=1S/C48H42N2O8S/c1-59(53,54)58-43-41(34-55-47(35-20-8-2-9-21-35,36-22-10-3-11-23-36)37-24-12-4-13-25-37)56-45(50-33-32-42(51)49-46(50)52)44(43)57-48(38-26-14-5-15-27-38,39-28-16-6-17-29-39)40-30-18-7-19-31-40/h2-33,41,43-45H,34H2,1H3,(H,49,51,52)/t41-,43+,44-,45+/m0/s1. The van der Waals surface area contributed by atoms with Gasteiger partial charge < -0.3 is 14.2 Å². The lowest BCUT2D eigenvalue weighted by atomic mass is 9.79. The Labute approximate surface area is 342 Å². The van der Waals surface area contributed by atoms with Crippen LogP contribution in [0.15, 0.2) is 204 Å². The van der Waals surface area contributed by atoms with Crippen LogP contribution in [0.3, 0.4) is 0 Å². The van der Waals surface area contributed by atoms with Crippen molar-refractivity contribution in [2.45, 2.75) is 35.7 Å². The van der Waals surface area contributed by atoms with E-state index in [1.165, 1.54) is 16.8 Å². The Bertz CT molecular complexity index is 2490. The molecule has 8 rings (SSSR count). The van der Waals surface area contributed by atoms with Gasteiger partial charge in [-0.15, -0.1) is 0 Å². The van der Waals surface area contributed by atoms with E-state index in [1.807, 2.05) is 182 Å². The lowest BCUT2D eigenvalue weighted by molar-refractivity contribution is -0.123. The molecule has 2 heterocycles. The number of aromatic amines is 1. The molecular weight excluding hydrogens is 765 g/mol. The lowest BCUT2D eigenvalue weighted by Gasteiger charge is -2.40. The van der Waals surface area contributed by atoms with Gasteiger partial charge in [0.1, 0.15) is 29.5 Å². The van der Waals surface area contributed by atoms with Gasteiger partial charge in [-0.2, -0.15) is 8.42 Å². The van der Waals surface area contributed by atoms with Crippen LogP contribution < -0.4 is 11.2 Å². The Hall–Kier alpha value is -6.21. The molecule has 4 atom stereocenters. The quantitative estimate of drug-likeness (QED) is 0.0907. The minimum absolute atomic E-state index is 0.234. The van der Waals surface area contributed by atoms with Crippen molar-refractivity contribution in [2.24, 2.45) is 0 Å². The molecule has 0 spiro atoms. The van der Waals surface area contributed by atoms with Gasteiger partial charge in [-0.3, -0.25) is 18.5 Å². The van der Waals surface area contributed by atoms with Gasteiger partial charge in [-0.05, 0) is 33.4 Å². The first kappa shape index (κ1) is 39.6. The molecule has 1 aliphatic heterocycles. The summed E-state index contributed by atoms with van der Waals surface area (Å²) in [4.78, 5) is 28.4. The topological polar surface area (TPSA) is 126 Å². The number of rotatable bonds is 14. The van der Waals surface area contributed by atoms with Crippen LogP contribution in [-0.4, -0.2) is 49.1 Å². The van der Waals surface area contributed by atoms with Crippen molar-refractivity contribution >= 4 is 10.1 Å². The Morgan fingerprint density at radius 1 is 0.559 bits per heavy atom. The van der Waals surface area contributed by atoms with Crippen molar-refractivity contribution in [3.63, 3.8) is 0 Å². The van der Waals surface area contributed by atoms with E-state index < -0.39 is 57.1 Å². The first-order valence-electron chi connectivity index (χ1n) is 19.2. The van der Waals surface area contributed by atoms with E-state index in [0.717, 1.165) is 39.6 Å². The number of aromatic nitrogens is 2. The summed E-state index contributed by atoms with van der Waals surface area (Å²) in [7, 11) is -4.22. The number of H-pyrrole nitrogens is 1. The molecule has 7 aromatic rings. The van der Waals surface area contributed by atoms with Gasteiger partial charge in [0.25, 0.3) is 15.7 Å². The zero-order valence-electron chi connectivity index (χ0n) is 32.1. The third-order valence-electron chi connectivity index (χ3n) is 10.6. The highest BCUT2D eigenvalue weighted by molar-refractivity contribution is 7.86. The summed E-state index contributed by atoms with van der Waals surface area (Å²) >= 11 is 0. The molecule has 0 amide bonds. The van der Waals surface area contributed by atoms with Gasteiger partial charge in [0.05, 0.1) is 12.9 Å². The number of hydrogen-bond acceptors (Lipinski definition) is 8. The average Bonchev–Trinajstić information content (AvgIpc) is 3.59. The van der Waals surface area contributed by atoms with Crippen LogP contribution in [-0.2, 0) is 39.7 Å². The molecular formula is C48H42N2O8S. The molecule has 0 unspecified atom stereocenters. The van der Waals surface area contributed by atoms with Crippen LogP contribution in [0, 0.1) is 0 Å². The third kappa shape index (κ3) is 7.99. The Balaban J connectivity index is 1.33. The monoisotopic (exact) mass is 806 g/mol. The smallest absolute Gasteiger partial charge is 0.330 e. The number of nitrogens with one attached hydrogen (secondary N) is 1. The predicted molar refractivity (Wildman–Crippen MR) is 224 cm³/mol. The summed E-state index contributed by atoms with van der Waals surface area (Å²) in [6, 6.07) is 59.0. The highest BCUT2D eigenvalue weighted by Crippen LogP contribution is 2.47. The molecule has 11 heteroatoms. The van der Waals surface area contributed by atoms with Crippen LogP contribution in [0.2, 0.25) is 0 Å². The fourth-order valence-electron chi connectivity index (χ4n) is 8.04. The van der Waals surface area contributed by atoms with Crippen molar-refractivity contribution in [1.82, 2.24) is 9.55 Å². The molecule has 298 valence electrons. The molecule has 0 saturated carbocycles. The number of ether oxygens (including phenoxy) is 3. The fourth-order valence-corrected chi connectivity index (χ4v) is 8.68. The summed E-state index contributed by atoms with van der Waals surface area (Å²) < 4.78 is 55.4. The van der Waals surface area contributed by atoms with E-state index >= 15 is 0 Å². The van der Waals surface area contributed by atoms with Crippen molar-refractivity contribution in [2.75, 3.05) is 12.9 Å². The molecule has 1 saturated heterocycles. The Kier molecular flexibility index (Phi) is 11.4. The second-order valence-corrected chi connectivity index (χ2v) is 15.9. The Morgan fingerprint density at radius 2 is 0.932 bits per heavy atom.